The van der Waals surface area contributed by atoms with Crippen LogP contribution < -0.4 is 16.4 Å². The highest BCUT2D eigenvalue weighted by Gasteiger charge is 2.14. The SMILES string of the molecule is I.NC(=NCC(=O)Nc1ccccc1)NC1CCCC1. The summed E-state index contributed by atoms with van der Waals surface area (Å²) in [7, 11) is 0. The first kappa shape index (κ1) is 16.7. The van der Waals surface area contributed by atoms with Crippen molar-refractivity contribution in [2.24, 2.45) is 10.7 Å². The zero-order chi connectivity index (χ0) is 13.5. The standard InChI is InChI=1S/C14H20N4O.HI/c15-14(18-12-8-4-5-9-12)16-10-13(19)17-11-6-2-1-3-7-11;/h1-3,6-7,12H,4-5,8-10H2,(H,17,19)(H3,15,16,18);1H. The van der Waals surface area contributed by atoms with Gasteiger partial charge in [-0.2, -0.15) is 0 Å². The molecule has 0 bridgehead atoms. The Labute approximate surface area is 136 Å². The number of aliphatic imine (C=N–C) groups is 1. The Morgan fingerprint density at radius 2 is 1.90 bits per heavy atom. The minimum atomic E-state index is -0.164. The van der Waals surface area contributed by atoms with Crippen LogP contribution in [0.2, 0.25) is 0 Å². The molecule has 1 aliphatic rings. The molecule has 4 N–H and O–H groups in total. The highest BCUT2D eigenvalue weighted by Crippen LogP contribution is 2.17. The van der Waals surface area contributed by atoms with Crippen LogP contribution in [0.5, 0.6) is 0 Å². The molecule has 1 aliphatic carbocycles. The number of carbonyl (C=O) groups excluding carboxylic acids is 1. The second-order valence-corrected chi connectivity index (χ2v) is 4.74. The zero-order valence-corrected chi connectivity index (χ0v) is 13.7. The van der Waals surface area contributed by atoms with Crippen molar-refractivity contribution in [1.82, 2.24) is 5.32 Å². The zero-order valence-electron chi connectivity index (χ0n) is 11.3. The summed E-state index contributed by atoms with van der Waals surface area (Å²) in [6.07, 6.45) is 4.73. The lowest BCUT2D eigenvalue weighted by molar-refractivity contribution is -0.114. The van der Waals surface area contributed by atoms with E-state index in [0.717, 1.165) is 18.5 Å². The van der Waals surface area contributed by atoms with Crippen LogP contribution in [0.4, 0.5) is 5.69 Å². The van der Waals surface area contributed by atoms with Crippen molar-refractivity contribution in [2.75, 3.05) is 11.9 Å². The first-order chi connectivity index (χ1) is 9.24. The molecular formula is C14H21IN4O. The summed E-state index contributed by atoms with van der Waals surface area (Å²) in [4.78, 5) is 15.7. The number of hydrogen-bond acceptors (Lipinski definition) is 2. The molecule has 1 saturated carbocycles. The van der Waals surface area contributed by atoms with Crippen molar-refractivity contribution in [1.29, 1.82) is 0 Å². The summed E-state index contributed by atoms with van der Waals surface area (Å²) in [5.74, 6) is 0.192. The summed E-state index contributed by atoms with van der Waals surface area (Å²) in [5.41, 5.74) is 6.52. The Morgan fingerprint density at radius 3 is 2.55 bits per heavy atom. The maximum absolute atomic E-state index is 11.7. The van der Waals surface area contributed by atoms with Crippen LogP contribution in [0.1, 0.15) is 25.7 Å². The average Bonchev–Trinajstić information content (AvgIpc) is 2.90. The van der Waals surface area contributed by atoms with Crippen molar-refractivity contribution in [3.05, 3.63) is 30.3 Å². The largest absolute Gasteiger partial charge is 0.370 e. The normalized spacial score (nSPS) is 15.5. The van der Waals surface area contributed by atoms with Crippen molar-refractivity contribution in [2.45, 2.75) is 31.7 Å². The number of amides is 1. The molecule has 20 heavy (non-hydrogen) atoms. The van der Waals surface area contributed by atoms with Gasteiger partial charge in [0.05, 0.1) is 0 Å². The number of benzene rings is 1. The van der Waals surface area contributed by atoms with E-state index in [1.165, 1.54) is 12.8 Å². The first-order valence-electron chi connectivity index (χ1n) is 6.65. The molecule has 0 unspecified atom stereocenters. The van der Waals surface area contributed by atoms with Gasteiger partial charge in [0.25, 0.3) is 0 Å². The number of nitrogens with one attached hydrogen (secondary N) is 2. The number of nitrogens with zero attached hydrogens (tertiary/aromatic N) is 1. The van der Waals surface area contributed by atoms with E-state index in [0.29, 0.717) is 12.0 Å². The van der Waals surface area contributed by atoms with E-state index in [4.69, 9.17) is 5.73 Å². The van der Waals surface area contributed by atoms with Crippen LogP contribution >= 0.6 is 24.0 Å². The van der Waals surface area contributed by atoms with Crippen molar-refractivity contribution in [3.63, 3.8) is 0 Å². The summed E-state index contributed by atoms with van der Waals surface area (Å²) < 4.78 is 0. The molecule has 0 heterocycles. The molecule has 0 spiro atoms. The van der Waals surface area contributed by atoms with Gasteiger partial charge in [0.2, 0.25) is 5.91 Å². The number of rotatable bonds is 4. The fraction of sp³-hybridized carbons (Fsp3) is 0.429. The molecule has 0 atom stereocenters. The smallest absolute Gasteiger partial charge is 0.246 e. The van der Waals surface area contributed by atoms with Gasteiger partial charge in [-0.3, -0.25) is 4.79 Å². The van der Waals surface area contributed by atoms with Crippen LogP contribution in [-0.4, -0.2) is 24.5 Å². The third-order valence-corrected chi connectivity index (χ3v) is 3.16. The fourth-order valence-corrected chi connectivity index (χ4v) is 2.20. The van der Waals surface area contributed by atoms with Gasteiger partial charge >= 0.3 is 0 Å². The molecule has 2 rings (SSSR count). The lowest BCUT2D eigenvalue weighted by Gasteiger charge is -2.12. The molecule has 6 heteroatoms. The van der Waals surface area contributed by atoms with Gasteiger partial charge in [-0.1, -0.05) is 31.0 Å². The Balaban J connectivity index is 0.00000200. The molecule has 1 aromatic carbocycles. The van der Waals surface area contributed by atoms with Crippen LogP contribution in [0.25, 0.3) is 0 Å². The maximum Gasteiger partial charge on any atom is 0.246 e. The molecular weight excluding hydrogens is 367 g/mol. The van der Waals surface area contributed by atoms with E-state index in [1.54, 1.807) is 0 Å². The minimum Gasteiger partial charge on any atom is -0.370 e. The Hall–Kier alpha value is -1.31. The van der Waals surface area contributed by atoms with Crippen LogP contribution in [0, 0.1) is 0 Å². The third kappa shape index (κ3) is 5.77. The summed E-state index contributed by atoms with van der Waals surface area (Å²) in [5, 5.41) is 5.91. The number of halogens is 1. The Bertz CT molecular complexity index is 444. The van der Waals surface area contributed by atoms with Gasteiger partial charge in [0.1, 0.15) is 6.54 Å². The topological polar surface area (TPSA) is 79.5 Å². The van der Waals surface area contributed by atoms with E-state index in [1.807, 2.05) is 30.3 Å². The summed E-state index contributed by atoms with van der Waals surface area (Å²) in [6, 6.07) is 9.73. The Morgan fingerprint density at radius 1 is 1.25 bits per heavy atom. The monoisotopic (exact) mass is 388 g/mol. The second kappa shape index (κ2) is 8.78. The molecule has 0 radical (unpaired) electrons. The van der Waals surface area contributed by atoms with Crippen molar-refractivity contribution < 1.29 is 4.79 Å². The lowest BCUT2D eigenvalue weighted by atomic mass is 10.2. The number of para-hydroxylation sites is 1. The minimum absolute atomic E-state index is 0. The predicted octanol–water partition coefficient (Wildman–Crippen LogP) is 2.09. The molecule has 1 amide bonds. The number of nitrogens with two attached hydrogens (primary N) is 1. The third-order valence-electron chi connectivity index (χ3n) is 3.16. The lowest BCUT2D eigenvalue weighted by Crippen LogP contribution is -2.39. The highest BCUT2D eigenvalue weighted by molar-refractivity contribution is 14.0. The van der Waals surface area contributed by atoms with E-state index in [9.17, 15) is 4.79 Å². The van der Waals surface area contributed by atoms with Crippen LogP contribution in [0.15, 0.2) is 35.3 Å². The van der Waals surface area contributed by atoms with Gasteiger partial charge < -0.3 is 16.4 Å². The quantitative estimate of drug-likeness (QED) is 0.420. The van der Waals surface area contributed by atoms with Gasteiger partial charge in [0, 0.05) is 11.7 Å². The predicted molar refractivity (Wildman–Crippen MR) is 92.4 cm³/mol. The molecule has 1 fully saturated rings. The van der Waals surface area contributed by atoms with Crippen molar-refractivity contribution in [3.8, 4) is 0 Å². The first-order valence-corrected chi connectivity index (χ1v) is 6.65. The van der Waals surface area contributed by atoms with Gasteiger partial charge in [-0.15, -0.1) is 24.0 Å². The van der Waals surface area contributed by atoms with Gasteiger partial charge in [0.15, 0.2) is 5.96 Å². The Kier molecular flexibility index (Phi) is 7.35. The summed E-state index contributed by atoms with van der Waals surface area (Å²) in [6.45, 7) is 0.0421. The van der Waals surface area contributed by atoms with Crippen molar-refractivity contribution >= 4 is 41.5 Å². The number of anilines is 1. The van der Waals surface area contributed by atoms with Gasteiger partial charge in [-0.25, -0.2) is 4.99 Å². The summed E-state index contributed by atoms with van der Waals surface area (Å²) >= 11 is 0. The number of guanidine groups is 1. The molecule has 5 nitrogen and oxygen atoms in total. The average molecular weight is 388 g/mol. The second-order valence-electron chi connectivity index (χ2n) is 4.74. The fourth-order valence-electron chi connectivity index (χ4n) is 2.20. The number of carbonyl (C=O) groups is 1. The highest BCUT2D eigenvalue weighted by atomic mass is 127. The number of hydrogen-bond donors (Lipinski definition) is 3. The van der Waals surface area contributed by atoms with E-state index >= 15 is 0 Å². The molecule has 0 aliphatic heterocycles. The van der Waals surface area contributed by atoms with E-state index in [-0.39, 0.29) is 36.4 Å². The van der Waals surface area contributed by atoms with E-state index < -0.39 is 0 Å². The van der Waals surface area contributed by atoms with Gasteiger partial charge in [-0.05, 0) is 25.0 Å². The molecule has 110 valence electrons. The maximum atomic E-state index is 11.7. The molecule has 0 saturated heterocycles. The van der Waals surface area contributed by atoms with E-state index in [2.05, 4.69) is 15.6 Å². The molecule has 1 aromatic rings. The van der Waals surface area contributed by atoms with Crippen LogP contribution in [0.3, 0.4) is 0 Å². The molecule has 0 aromatic heterocycles. The van der Waals surface area contributed by atoms with Crippen LogP contribution in [-0.2, 0) is 4.79 Å².